The smallest absolute Gasteiger partial charge is 0.235 e. The fourth-order valence-corrected chi connectivity index (χ4v) is 1.33. The second kappa shape index (κ2) is 4.91. The van der Waals surface area contributed by atoms with Gasteiger partial charge >= 0.3 is 0 Å². The van der Waals surface area contributed by atoms with Crippen LogP contribution in [0.25, 0.3) is 6.08 Å². The summed E-state index contributed by atoms with van der Waals surface area (Å²) in [5.41, 5.74) is 0.904. The number of Topliss-reactive ketones (excluding diaryl/α,β-unsaturated/α-hetero) is 1. The number of nitro groups is 1. The van der Waals surface area contributed by atoms with Crippen molar-refractivity contribution in [1.29, 1.82) is 0 Å². The highest BCUT2D eigenvalue weighted by atomic mass is 16.6. The third-order valence-corrected chi connectivity index (χ3v) is 2.24. The van der Waals surface area contributed by atoms with Crippen molar-refractivity contribution < 1.29 is 9.72 Å². The van der Waals surface area contributed by atoms with E-state index in [-0.39, 0.29) is 5.78 Å². The van der Waals surface area contributed by atoms with Crippen molar-refractivity contribution in [1.82, 2.24) is 0 Å². The Labute approximate surface area is 100 Å². The second-order valence-electron chi connectivity index (χ2n) is 4.80. The van der Waals surface area contributed by atoms with Crippen LogP contribution in [0.4, 0.5) is 0 Å². The summed E-state index contributed by atoms with van der Waals surface area (Å²) in [6.07, 6.45) is 2.27. The number of ketones is 1. The number of carbonyl (C=O) groups is 1. The number of hydrogen-bond donors (Lipinski definition) is 0. The molecule has 0 aliphatic heterocycles. The topological polar surface area (TPSA) is 60.2 Å². The van der Waals surface area contributed by atoms with Gasteiger partial charge in [-0.05, 0) is 5.56 Å². The van der Waals surface area contributed by atoms with E-state index in [1.807, 2.05) is 20.8 Å². The summed E-state index contributed by atoms with van der Waals surface area (Å²) in [7, 11) is 0. The molecular weight excluding hydrogens is 218 g/mol. The lowest BCUT2D eigenvalue weighted by Crippen LogP contribution is -2.19. The van der Waals surface area contributed by atoms with Crippen LogP contribution in [0.2, 0.25) is 0 Å². The van der Waals surface area contributed by atoms with Crippen molar-refractivity contribution in [3.63, 3.8) is 0 Å². The molecule has 0 amide bonds. The van der Waals surface area contributed by atoms with Gasteiger partial charge in [0.2, 0.25) is 6.20 Å². The zero-order valence-corrected chi connectivity index (χ0v) is 10.1. The van der Waals surface area contributed by atoms with Gasteiger partial charge in [-0.3, -0.25) is 14.9 Å². The average Bonchev–Trinajstić information content (AvgIpc) is 2.25. The van der Waals surface area contributed by atoms with E-state index in [1.165, 1.54) is 6.08 Å². The standard InChI is InChI=1S/C13H15NO3/c1-13(2,3)12(15)11-6-4-10(5-7-11)8-9-14(16)17/h4-9H,1-3H3/b9-8-. The molecular formula is C13H15NO3. The lowest BCUT2D eigenvalue weighted by atomic mass is 9.86. The minimum Gasteiger partial charge on any atom is -0.294 e. The Morgan fingerprint density at radius 3 is 2.18 bits per heavy atom. The van der Waals surface area contributed by atoms with Crippen molar-refractivity contribution in [2.24, 2.45) is 5.41 Å². The van der Waals surface area contributed by atoms with Crippen molar-refractivity contribution >= 4 is 11.9 Å². The largest absolute Gasteiger partial charge is 0.294 e. The third-order valence-electron chi connectivity index (χ3n) is 2.24. The first kappa shape index (κ1) is 13.1. The fraction of sp³-hybridized carbons (Fsp3) is 0.308. The maximum absolute atomic E-state index is 11.9. The van der Waals surface area contributed by atoms with Crippen LogP contribution in [0.15, 0.2) is 30.5 Å². The summed E-state index contributed by atoms with van der Waals surface area (Å²) in [5, 5.41) is 10.1. The average molecular weight is 233 g/mol. The monoisotopic (exact) mass is 233 g/mol. The first-order valence-electron chi connectivity index (χ1n) is 5.27. The summed E-state index contributed by atoms with van der Waals surface area (Å²) in [6.45, 7) is 5.57. The van der Waals surface area contributed by atoms with E-state index in [9.17, 15) is 14.9 Å². The van der Waals surface area contributed by atoms with Crippen LogP contribution >= 0.6 is 0 Å². The van der Waals surface area contributed by atoms with Gasteiger partial charge in [-0.1, -0.05) is 45.0 Å². The Bertz CT molecular complexity index is 453. The molecule has 4 nitrogen and oxygen atoms in total. The Morgan fingerprint density at radius 1 is 1.24 bits per heavy atom. The highest BCUT2D eigenvalue weighted by Gasteiger charge is 2.22. The molecule has 1 aromatic carbocycles. The van der Waals surface area contributed by atoms with Crippen molar-refractivity contribution in [2.45, 2.75) is 20.8 Å². The summed E-state index contributed by atoms with van der Waals surface area (Å²) >= 11 is 0. The van der Waals surface area contributed by atoms with Crippen LogP contribution in [0.3, 0.4) is 0 Å². The predicted octanol–water partition coefficient (Wildman–Crippen LogP) is 3.16. The Morgan fingerprint density at radius 2 is 1.76 bits per heavy atom. The maximum Gasteiger partial charge on any atom is 0.235 e. The molecule has 0 N–H and O–H groups in total. The molecule has 0 aliphatic carbocycles. The molecule has 0 saturated heterocycles. The van der Waals surface area contributed by atoms with Gasteiger partial charge in [0, 0.05) is 17.1 Å². The molecule has 90 valence electrons. The molecule has 0 atom stereocenters. The van der Waals surface area contributed by atoms with Gasteiger partial charge in [0.25, 0.3) is 0 Å². The normalized spacial score (nSPS) is 11.7. The van der Waals surface area contributed by atoms with Gasteiger partial charge < -0.3 is 0 Å². The quantitative estimate of drug-likeness (QED) is 0.457. The molecule has 0 heterocycles. The SMILES string of the molecule is CC(C)(C)C(=O)c1ccc(/C=C\[N+](=O)[O-])cc1. The molecule has 0 spiro atoms. The van der Waals surface area contributed by atoms with Crippen LogP contribution in [0, 0.1) is 15.5 Å². The minimum atomic E-state index is -0.520. The number of hydrogen-bond acceptors (Lipinski definition) is 3. The molecule has 0 unspecified atom stereocenters. The second-order valence-corrected chi connectivity index (χ2v) is 4.80. The van der Waals surface area contributed by atoms with Gasteiger partial charge in [-0.25, -0.2) is 0 Å². The third kappa shape index (κ3) is 3.83. The number of rotatable bonds is 3. The molecule has 0 radical (unpaired) electrons. The molecule has 1 aromatic rings. The van der Waals surface area contributed by atoms with Gasteiger partial charge in [0.15, 0.2) is 5.78 Å². The van der Waals surface area contributed by atoms with E-state index in [4.69, 9.17) is 0 Å². The zero-order chi connectivity index (χ0) is 13.1. The molecule has 0 bridgehead atoms. The van der Waals surface area contributed by atoms with Crippen molar-refractivity contribution in [2.75, 3.05) is 0 Å². The van der Waals surface area contributed by atoms with E-state index < -0.39 is 10.3 Å². The van der Waals surface area contributed by atoms with Crippen LogP contribution in [-0.4, -0.2) is 10.7 Å². The van der Waals surface area contributed by atoms with Crippen LogP contribution < -0.4 is 0 Å². The fourth-order valence-electron chi connectivity index (χ4n) is 1.33. The van der Waals surface area contributed by atoms with E-state index in [0.717, 1.165) is 6.20 Å². The summed E-state index contributed by atoms with van der Waals surface area (Å²) in [6, 6.07) is 6.76. The summed E-state index contributed by atoms with van der Waals surface area (Å²) in [5.74, 6) is 0.0577. The van der Waals surface area contributed by atoms with Crippen LogP contribution in [-0.2, 0) is 0 Å². The number of benzene rings is 1. The van der Waals surface area contributed by atoms with Gasteiger partial charge in [-0.15, -0.1) is 0 Å². The highest BCUT2D eigenvalue weighted by molar-refractivity contribution is 5.99. The summed E-state index contributed by atoms with van der Waals surface area (Å²) < 4.78 is 0. The van der Waals surface area contributed by atoms with Gasteiger partial charge in [0.05, 0.1) is 4.92 Å². The van der Waals surface area contributed by atoms with Crippen molar-refractivity contribution in [3.05, 3.63) is 51.7 Å². The number of nitrogens with zero attached hydrogens (tertiary/aromatic N) is 1. The first-order valence-corrected chi connectivity index (χ1v) is 5.27. The van der Waals surface area contributed by atoms with Crippen LogP contribution in [0.1, 0.15) is 36.7 Å². The van der Waals surface area contributed by atoms with Crippen molar-refractivity contribution in [3.8, 4) is 0 Å². The number of carbonyl (C=O) groups excluding carboxylic acids is 1. The molecule has 17 heavy (non-hydrogen) atoms. The minimum absolute atomic E-state index is 0.0577. The Hall–Kier alpha value is -1.97. The van der Waals surface area contributed by atoms with E-state index in [0.29, 0.717) is 11.1 Å². The molecule has 4 heteroatoms. The zero-order valence-electron chi connectivity index (χ0n) is 10.1. The lowest BCUT2D eigenvalue weighted by Gasteiger charge is -2.16. The Balaban J connectivity index is 2.89. The highest BCUT2D eigenvalue weighted by Crippen LogP contribution is 2.21. The first-order chi connectivity index (χ1) is 7.80. The molecule has 1 rings (SSSR count). The van der Waals surface area contributed by atoms with E-state index in [2.05, 4.69) is 0 Å². The lowest BCUT2D eigenvalue weighted by molar-refractivity contribution is -0.400. The Kier molecular flexibility index (Phi) is 3.78. The molecule has 0 saturated carbocycles. The molecule has 0 aliphatic rings. The van der Waals surface area contributed by atoms with E-state index >= 15 is 0 Å². The molecule has 0 fully saturated rings. The van der Waals surface area contributed by atoms with Gasteiger partial charge in [-0.2, -0.15) is 0 Å². The summed E-state index contributed by atoms with van der Waals surface area (Å²) in [4.78, 5) is 21.5. The molecule has 0 aromatic heterocycles. The predicted molar refractivity (Wildman–Crippen MR) is 66.3 cm³/mol. The van der Waals surface area contributed by atoms with Gasteiger partial charge in [0.1, 0.15) is 0 Å². The van der Waals surface area contributed by atoms with E-state index in [1.54, 1.807) is 24.3 Å². The maximum atomic E-state index is 11.9. The van der Waals surface area contributed by atoms with Crippen LogP contribution in [0.5, 0.6) is 0 Å².